The molecule has 1 aromatic heterocycles. The second kappa shape index (κ2) is 10.00. The second-order valence-electron chi connectivity index (χ2n) is 4.90. The number of hydrogen-bond acceptors (Lipinski definition) is 7. The van der Waals surface area contributed by atoms with Gasteiger partial charge < -0.3 is 10.1 Å². The summed E-state index contributed by atoms with van der Waals surface area (Å²) in [5.74, 6) is 0.771. The summed E-state index contributed by atoms with van der Waals surface area (Å²) in [6.45, 7) is 4.49. The molecule has 9 heteroatoms. The van der Waals surface area contributed by atoms with Crippen LogP contribution in [-0.2, 0) is 16.0 Å². The van der Waals surface area contributed by atoms with E-state index in [1.807, 2.05) is 13.8 Å². The number of amides is 2. The first kappa shape index (κ1) is 19.2. The Kier molecular flexibility index (Phi) is 7.68. The Labute approximate surface area is 154 Å². The average molecular weight is 380 g/mol. The molecule has 0 aliphatic heterocycles. The number of nitrogens with one attached hydrogen (secondary N) is 2. The normalized spacial score (nSPS) is 10.3. The van der Waals surface area contributed by atoms with Crippen LogP contribution in [-0.4, -0.2) is 40.1 Å². The highest BCUT2D eigenvalue weighted by Gasteiger charge is 2.09. The largest absolute Gasteiger partial charge is 0.494 e. The highest BCUT2D eigenvalue weighted by Crippen LogP contribution is 2.17. The summed E-state index contributed by atoms with van der Waals surface area (Å²) in [4.78, 5) is 23.7. The van der Waals surface area contributed by atoms with Gasteiger partial charge in [-0.05, 0) is 37.6 Å². The highest BCUT2D eigenvalue weighted by atomic mass is 32.2. The number of ether oxygens (including phenoxy) is 1. The van der Waals surface area contributed by atoms with Crippen molar-refractivity contribution >= 4 is 45.7 Å². The maximum absolute atomic E-state index is 11.9. The Balaban J connectivity index is 1.68. The summed E-state index contributed by atoms with van der Waals surface area (Å²) >= 11 is 2.59. The topological polar surface area (TPSA) is 93.2 Å². The maximum atomic E-state index is 11.9. The molecule has 0 unspecified atom stereocenters. The fourth-order valence-electron chi connectivity index (χ4n) is 1.84. The molecule has 0 aliphatic rings. The Hall–Kier alpha value is -2.13. The summed E-state index contributed by atoms with van der Waals surface area (Å²) in [6.07, 6.45) is 0.786. The fourth-order valence-corrected chi connectivity index (χ4v) is 3.15. The molecule has 0 saturated carbocycles. The maximum Gasteiger partial charge on any atom is 0.236 e. The molecule has 2 rings (SSSR count). The lowest BCUT2D eigenvalue weighted by Gasteiger charge is -2.07. The molecule has 0 saturated heterocycles. The number of carbonyl (C=O) groups excluding carboxylic acids is 2. The van der Waals surface area contributed by atoms with Gasteiger partial charge in [-0.2, -0.15) is 0 Å². The van der Waals surface area contributed by atoms with Crippen LogP contribution in [0.5, 0.6) is 5.75 Å². The number of anilines is 2. The molecule has 0 atom stereocenters. The van der Waals surface area contributed by atoms with E-state index in [0.717, 1.165) is 17.2 Å². The van der Waals surface area contributed by atoms with Crippen LogP contribution in [0.1, 0.15) is 18.9 Å². The van der Waals surface area contributed by atoms with Crippen molar-refractivity contribution in [3.05, 3.63) is 29.3 Å². The van der Waals surface area contributed by atoms with Crippen molar-refractivity contribution in [1.29, 1.82) is 0 Å². The van der Waals surface area contributed by atoms with Crippen molar-refractivity contribution in [2.24, 2.45) is 0 Å². The van der Waals surface area contributed by atoms with Gasteiger partial charge in [-0.15, -0.1) is 22.0 Å². The highest BCUT2D eigenvalue weighted by molar-refractivity contribution is 8.00. The van der Waals surface area contributed by atoms with E-state index >= 15 is 0 Å². The Morgan fingerprint density at radius 3 is 2.36 bits per heavy atom. The lowest BCUT2D eigenvalue weighted by Crippen LogP contribution is -2.18. The van der Waals surface area contributed by atoms with Crippen LogP contribution in [0.15, 0.2) is 24.3 Å². The van der Waals surface area contributed by atoms with Crippen molar-refractivity contribution in [1.82, 2.24) is 10.2 Å². The fraction of sp³-hybridized carbons (Fsp3) is 0.375. The number of nitrogens with zero attached hydrogens (tertiary/aromatic N) is 2. The first-order valence-corrected chi connectivity index (χ1v) is 9.80. The van der Waals surface area contributed by atoms with Crippen molar-refractivity contribution in [2.75, 3.05) is 28.7 Å². The number of aryl methyl sites for hydroxylation is 1. The Bertz CT molecular complexity index is 704. The lowest BCUT2D eigenvalue weighted by molar-refractivity contribution is -0.114. The third-order valence-electron chi connectivity index (χ3n) is 2.93. The monoisotopic (exact) mass is 380 g/mol. The number of thioether (sulfide) groups is 1. The minimum atomic E-state index is -0.197. The molecular formula is C16H20N4O3S2. The van der Waals surface area contributed by atoms with Gasteiger partial charge in [0.25, 0.3) is 0 Å². The van der Waals surface area contributed by atoms with E-state index < -0.39 is 0 Å². The molecule has 0 radical (unpaired) electrons. The van der Waals surface area contributed by atoms with Crippen LogP contribution in [0.4, 0.5) is 10.8 Å². The van der Waals surface area contributed by atoms with E-state index in [-0.39, 0.29) is 23.3 Å². The van der Waals surface area contributed by atoms with Gasteiger partial charge in [0.05, 0.1) is 18.1 Å². The Morgan fingerprint density at radius 1 is 1.08 bits per heavy atom. The first-order valence-electron chi connectivity index (χ1n) is 7.83. The molecule has 2 N–H and O–H groups in total. The molecular weight excluding hydrogens is 360 g/mol. The molecule has 1 aromatic carbocycles. The van der Waals surface area contributed by atoms with Crippen molar-refractivity contribution < 1.29 is 14.3 Å². The zero-order chi connectivity index (χ0) is 18.1. The van der Waals surface area contributed by atoms with E-state index in [0.29, 0.717) is 17.4 Å². The average Bonchev–Trinajstić information content (AvgIpc) is 3.04. The number of rotatable bonds is 9. The van der Waals surface area contributed by atoms with Gasteiger partial charge in [0.2, 0.25) is 16.9 Å². The zero-order valence-corrected chi connectivity index (χ0v) is 15.7. The van der Waals surface area contributed by atoms with E-state index in [1.165, 1.54) is 23.1 Å². The van der Waals surface area contributed by atoms with E-state index in [9.17, 15) is 9.59 Å². The van der Waals surface area contributed by atoms with Crippen molar-refractivity contribution in [3.63, 3.8) is 0 Å². The number of benzene rings is 1. The summed E-state index contributed by atoms with van der Waals surface area (Å²) < 4.78 is 5.34. The minimum absolute atomic E-state index is 0.161. The molecule has 1 heterocycles. The van der Waals surface area contributed by atoms with Crippen LogP contribution in [0.3, 0.4) is 0 Å². The van der Waals surface area contributed by atoms with Gasteiger partial charge in [0.15, 0.2) is 0 Å². The standard InChI is InChI=1S/C16H20N4O3S2/c1-3-15-19-20-16(25-15)18-14(22)10-24-9-13(21)17-11-5-7-12(8-6-11)23-4-2/h5-8H,3-4,9-10H2,1-2H3,(H,17,21)(H,18,20,22). The lowest BCUT2D eigenvalue weighted by atomic mass is 10.3. The third kappa shape index (κ3) is 6.71. The minimum Gasteiger partial charge on any atom is -0.494 e. The van der Waals surface area contributed by atoms with Crippen LogP contribution < -0.4 is 15.4 Å². The molecule has 0 bridgehead atoms. The SMILES string of the molecule is CCOc1ccc(NC(=O)CSCC(=O)Nc2nnc(CC)s2)cc1. The molecule has 7 nitrogen and oxygen atoms in total. The van der Waals surface area contributed by atoms with Crippen LogP contribution in [0.2, 0.25) is 0 Å². The molecule has 134 valence electrons. The van der Waals surface area contributed by atoms with Gasteiger partial charge in [-0.1, -0.05) is 18.3 Å². The smallest absolute Gasteiger partial charge is 0.236 e. The molecule has 2 aromatic rings. The quantitative estimate of drug-likeness (QED) is 0.695. The summed E-state index contributed by atoms with van der Waals surface area (Å²) in [7, 11) is 0. The summed E-state index contributed by atoms with van der Waals surface area (Å²) in [5.41, 5.74) is 0.694. The third-order valence-corrected chi connectivity index (χ3v) is 4.85. The van der Waals surface area contributed by atoms with E-state index in [4.69, 9.17) is 4.74 Å². The summed E-state index contributed by atoms with van der Waals surface area (Å²) in [5, 5.41) is 14.6. The van der Waals surface area contributed by atoms with Crippen molar-refractivity contribution in [3.8, 4) is 5.75 Å². The zero-order valence-electron chi connectivity index (χ0n) is 14.1. The summed E-state index contributed by atoms with van der Waals surface area (Å²) in [6, 6.07) is 7.15. The van der Waals surface area contributed by atoms with Crippen LogP contribution in [0, 0.1) is 0 Å². The second-order valence-corrected chi connectivity index (χ2v) is 6.95. The molecule has 2 amide bonds. The Morgan fingerprint density at radius 2 is 1.76 bits per heavy atom. The van der Waals surface area contributed by atoms with E-state index in [2.05, 4.69) is 20.8 Å². The molecule has 0 aliphatic carbocycles. The molecule has 0 spiro atoms. The number of hydrogen-bond donors (Lipinski definition) is 2. The van der Waals surface area contributed by atoms with Gasteiger partial charge >= 0.3 is 0 Å². The van der Waals surface area contributed by atoms with Crippen LogP contribution >= 0.6 is 23.1 Å². The van der Waals surface area contributed by atoms with Gasteiger partial charge in [0, 0.05) is 5.69 Å². The van der Waals surface area contributed by atoms with Crippen molar-refractivity contribution in [2.45, 2.75) is 20.3 Å². The van der Waals surface area contributed by atoms with Gasteiger partial charge in [-0.3, -0.25) is 14.9 Å². The van der Waals surface area contributed by atoms with E-state index in [1.54, 1.807) is 24.3 Å². The number of carbonyl (C=O) groups is 2. The molecule has 0 fully saturated rings. The van der Waals surface area contributed by atoms with Crippen LogP contribution in [0.25, 0.3) is 0 Å². The predicted molar refractivity (Wildman–Crippen MR) is 101 cm³/mol. The predicted octanol–water partition coefficient (Wildman–Crippen LogP) is 2.81. The number of aromatic nitrogens is 2. The molecule has 25 heavy (non-hydrogen) atoms. The first-order chi connectivity index (χ1) is 12.1. The van der Waals surface area contributed by atoms with Gasteiger partial charge in [0.1, 0.15) is 10.8 Å². The van der Waals surface area contributed by atoms with Gasteiger partial charge in [-0.25, -0.2) is 0 Å².